The molecule has 0 aliphatic heterocycles. The molecule has 3 heteroatoms. The molecule has 1 atom stereocenters. The van der Waals surface area contributed by atoms with Gasteiger partial charge in [-0.3, -0.25) is 4.79 Å². The standard InChI is InChI=1S/C9H18O2S/c1-5-6-12-8(7(2)3)9(10)11-4/h7-8H,5-6H2,1-4H3. The van der Waals surface area contributed by atoms with Crippen molar-refractivity contribution >= 4 is 17.7 Å². The van der Waals surface area contributed by atoms with Gasteiger partial charge in [0.05, 0.1) is 7.11 Å². The zero-order valence-corrected chi connectivity index (χ0v) is 9.11. The summed E-state index contributed by atoms with van der Waals surface area (Å²) in [6.45, 7) is 6.20. The summed E-state index contributed by atoms with van der Waals surface area (Å²) in [5.74, 6) is 1.29. The van der Waals surface area contributed by atoms with Crippen LogP contribution in [0.1, 0.15) is 27.2 Å². The normalized spacial score (nSPS) is 13.1. The van der Waals surface area contributed by atoms with E-state index in [2.05, 4.69) is 6.92 Å². The zero-order chi connectivity index (χ0) is 9.56. The fourth-order valence-electron chi connectivity index (χ4n) is 0.894. The number of carbonyl (C=O) groups is 1. The van der Waals surface area contributed by atoms with Gasteiger partial charge >= 0.3 is 5.97 Å². The monoisotopic (exact) mass is 190 g/mol. The Labute approximate surface area is 79.1 Å². The highest BCUT2D eigenvalue weighted by atomic mass is 32.2. The Morgan fingerprint density at radius 3 is 2.42 bits per heavy atom. The summed E-state index contributed by atoms with van der Waals surface area (Å²) in [4.78, 5) is 11.2. The second kappa shape index (κ2) is 6.35. The van der Waals surface area contributed by atoms with E-state index in [1.54, 1.807) is 11.8 Å². The summed E-state index contributed by atoms with van der Waals surface area (Å²) in [6.07, 6.45) is 1.10. The fraction of sp³-hybridized carbons (Fsp3) is 0.889. The van der Waals surface area contributed by atoms with Crippen LogP contribution in [-0.4, -0.2) is 24.1 Å². The highest BCUT2D eigenvalue weighted by molar-refractivity contribution is 8.00. The summed E-state index contributed by atoms with van der Waals surface area (Å²) in [5, 5.41) is 0.00921. The molecule has 12 heavy (non-hydrogen) atoms. The van der Waals surface area contributed by atoms with Gasteiger partial charge in [0, 0.05) is 0 Å². The van der Waals surface area contributed by atoms with Crippen molar-refractivity contribution in [2.45, 2.75) is 32.4 Å². The van der Waals surface area contributed by atoms with E-state index in [0.717, 1.165) is 12.2 Å². The van der Waals surface area contributed by atoms with Crippen LogP contribution in [0.25, 0.3) is 0 Å². The van der Waals surface area contributed by atoms with Gasteiger partial charge in [-0.15, -0.1) is 11.8 Å². The number of thioether (sulfide) groups is 1. The maximum Gasteiger partial charge on any atom is 0.319 e. The van der Waals surface area contributed by atoms with Crippen LogP contribution in [0.3, 0.4) is 0 Å². The third-order valence-corrected chi connectivity index (χ3v) is 3.28. The first-order valence-electron chi connectivity index (χ1n) is 4.32. The molecule has 1 unspecified atom stereocenters. The van der Waals surface area contributed by atoms with Crippen LogP contribution >= 0.6 is 11.8 Å². The molecule has 0 aromatic heterocycles. The van der Waals surface area contributed by atoms with Gasteiger partial charge in [0.2, 0.25) is 0 Å². The van der Waals surface area contributed by atoms with Crippen LogP contribution < -0.4 is 0 Å². The first-order valence-corrected chi connectivity index (χ1v) is 5.37. The second-order valence-electron chi connectivity index (χ2n) is 3.06. The molecule has 0 bridgehead atoms. The van der Waals surface area contributed by atoms with Gasteiger partial charge in [-0.05, 0) is 18.1 Å². The van der Waals surface area contributed by atoms with Crippen molar-refractivity contribution in [3.63, 3.8) is 0 Å². The van der Waals surface area contributed by atoms with E-state index >= 15 is 0 Å². The number of esters is 1. The molecule has 0 aromatic rings. The predicted octanol–water partition coefficient (Wildman–Crippen LogP) is 2.33. The minimum Gasteiger partial charge on any atom is -0.468 e. The van der Waals surface area contributed by atoms with Gasteiger partial charge in [-0.25, -0.2) is 0 Å². The van der Waals surface area contributed by atoms with Crippen molar-refractivity contribution < 1.29 is 9.53 Å². The van der Waals surface area contributed by atoms with Crippen molar-refractivity contribution in [2.24, 2.45) is 5.92 Å². The second-order valence-corrected chi connectivity index (χ2v) is 4.31. The summed E-state index contributed by atoms with van der Waals surface area (Å²) in [7, 11) is 1.45. The number of rotatable bonds is 5. The van der Waals surface area contributed by atoms with Gasteiger partial charge in [0.15, 0.2) is 0 Å². The average molecular weight is 190 g/mol. The minimum atomic E-state index is -0.0940. The van der Waals surface area contributed by atoms with Gasteiger partial charge in [-0.2, -0.15) is 0 Å². The molecule has 2 nitrogen and oxygen atoms in total. The molecule has 0 saturated carbocycles. The molecule has 0 fully saturated rings. The van der Waals surface area contributed by atoms with Crippen molar-refractivity contribution in [1.29, 1.82) is 0 Å². The van der Waals surface area contributed by atoms with E-state index in [1.165, 1.54) is 7.11 Å². The quantitative estimate of drug-likeness (QED) is 0.622. The molecular weight excluding hydrogens is 172 g/mol. The first-order chi connectivity index (χ1) is 5.63. The summed E-state index contributed by atoms with van der Waals surface area (Å²) in [5.41, 5.74) is 0. The Morgan fingerprint density at radius 1 is 1.50 bits per heavy atom. The fourth-order valence-corrected chi connectivity index (χ4v) is 2.00. The van der Waals surface area contributed by atoms with E-state index in [9.17, 15) is 4.79 Å². The largest absolute Gasteiger partial charge is 0.468 e. The maximum atomic E-state index is 11.2. The lowest BCUT2D eigenvalue weighted by molar-refractivity contribution is -0.140. The van der Waals surface area contributed by atoms with E-state index < -0.39 is 0 Å². The molecule has 0 aromatic carbocycles. The number of hydrogen-bond acceptors (Lipinski definition) is 3. The SMILES string of the molecule is CCCSC(C(=O)OC)C(C)C. The third-order valence-electron chi connectivity index (χ3n) is 1.54. The Hall–Kier alpha value is -0.180. The molecule has 0 aliphatic rings. The summed E-state index contributed by atoms with van der Waals surface area (Å²) < 4.78 is 4.71. The van der Waals surface area contributed by atoms with Crippen LogP contribution in [0.4, 0.5) is 0 Å². The predicted molar refractivity (Wildman–Crippen MR) is 53.4 cm³/mol. The highest BCUT2D eigenvalue weighted by Gasteiger charge is 2.22. The zero-order valence-electron chi connectivity index (χ0n) is 8.29. The molecule has 0 rings (SSSR count). The molecule has 72 valence electrons. The van der Waals surface area contributed by atoms with Crippen LogP contribution in [0, 0.1) is 5.92 Å². The smallest absolute Gasteiger partial charge is 0.319 e. The topological polar surface area (TPSA) is 26.3 Å². The van der Waals surface area contributed by atoms with E-state index in [1.807, 2.05) is 13.8 Å². The van der Waals surface area contributed by atoms with Crippen molar-refractivity contribution in [2.75, 3.05) is 12.9 Å². The van der Waals surface area contributed by atoms with Crippen LogP contribution in [0.5, 0.6) is 0 Å². The molecular formula is C9H18O2S. The Morgan fingerprint density at radius 2 is 2.08 bits per heavy atom. The molecule has 0 spiro atoms. The highest BCUT2D eigenvalue weighted by Crippen LogP contribution is 2.21. The molecule has 0 aliphatic carbocycles. The lowest BCUT2D eigenvalue weighted by Gasteiger charge is -2.16. The van der Waals surface area contributed by atoms with E-state index in [0.29, 0.717) is 5.92 Å². The van der Waals surface area contributed by atoms with E-state index in [4.69, 9.17) is 4.74 Å². The number of carbonyl (C=O) groups excluding carboxylic acids is 1. The molecule has 0 saturated heterocycles. The van der Waals surface area contributed by atoms with Crippen molar-refractivity contribution in [1.82, 2.24) is 0 Å². The third kappa shape index (κ3) is 4.00. The molecule has 0 radical (unpaired) electrons. The lowest BCUT2D eigenvalue weighted by atomic mass is 10.1. The Kier molecular flexibility index (Phi) is 6.25. The first kappa shape index (κ1) is 11.8. The van der Waals surface area contributed by atoms with Crippen LogP contribution in [0.2, 0.25) is 0 Å². The Balaban J connectivity index is 3.95. The number of methoxy groups -OCH3 is 1. The lowest BCUT2D eigenvalue weighted by Crippen LogP contribution is -2.24. The van der Waals surface area contributed by atoms with Gasteiger partial charge in [0.1, 0.15) is 5.25 Å². The average Bonchev–Trinajstić information content (AvgIpc) is 2.04. The maximum absolute atomic E-state index is 11.2. The minimum absolute atomic E-state index is 0.00921. The van der Waals surface area contributed by atoms with Crippen molar-refractivity contribution in [3.8, 4) is 0 Å². The van der Waals surface area contributed by atoms with Crippen LogP contribution in [0.15, 0.2) is 0 Å². The van der Waals surface area contributed by atoms with Crippen molar-refractivity contribution in [3.05, 3.63) is 0 Å². The molecule has 0 amide bonds. The molecule has 0 heterocycles. The summed E-state index contributed by atoms with van der Waals surface area (Å²) in [6, 6.07) is 0. The number of hydrogen-bond donors (Lipinski definition) is 0. The number of ether oxygens (including phenoxy) is 1. The molecule has 0 N–H and O–H groups in total. The summed E-state index contributed by atoms with van der Waals surface area (Å²) >= 11 is 1.69. The van der Waals surface area contributed by atoms with Gasteiger partial charge in [-0.1, -0.05) is 20.8 Å². The van der Waals surface area contributed by atoms with Crippen LogP contribution in [-0.2, 0) is 9.53 Å². The van der Waals surface area contributed by atoms with E-state index in [-0.39, 0.29) is 11.2 Å². The van der Waals surface area contributed by atoms with Gasteiger partial charge < -0.3 is 4.74 Å². The van der Waals surface area contributed by atoms with Gasteiger partial charge in [0.25, 0.3) is 0 Å². The Bertz CT molecular complexity index is 134.